The molecule has 3 unspecified atom stereocenters. The van der Waals surface area contributed by atoms with Gasteiger partial charge in [0, 0.05) is 49.9 Å². The van der Waals surface area contributed by atoms with Crippen LogP contribution in [0.4, 0.5) is 4.39 Å². The van der Waals surface area contributed by atoms with Gasteiger partial charge >= 0.3 is 0 Å². The molecule has 5 rings (SSSR count). The molecule has 3 fully saturated rings. The van der Waals surface area contributed by atoms with Gasteiger partial charge in [0.1, 0.15) is 5.82 Å². The normalized spacial score (nSPS) is 26.6. The third-order valence-corrected chi connectivity index (χ3v) is 8.83. The Morgan fingerprint density at radius 2 is 1.74 bits per heavy atom. The van der Waals surface area contributed by atoms with Crippen molar-refractivity contribution in [2.75, 3.05) is 33.2 Å². The molecule has 0 bridgehead atoms. The largest absolute Gasteiger partial charge is 0.340 e. The monoisotopic (exact) mass is 493 g/mol. The molecule has 3 atom stereocenters. The summed E-state index contributed by atoms with van der Waals surface area (Å²) in [5.41, 5.74) is 1.90. The molecule has 2 heterocycles. The van der Waals surface area contributed by atoms with Crippen LogP contribution in [0.15, 0.2) is 59.5 Å². The summed E-state index contributed by atoms with van der Waals surface area (Å²) in [7, 11) is 2.09. The van der Waals surface area contributed by atoms with Crippen LogP contribution in [0.1, 0.15) is 30.4 Å². The van der Waals surface area contributed by atoms with Crippen molar-refractivity contribution in [2.45, 2.75) is 37.1 Å². The Labute approximate surface area is 211 Å². The van der Waals surface area contributed by atoms with E-state index in [1.165, 1.54) is 12.1 Å². The van der Waals surface area contributed by atoms with Gasteiger partial charge in [-0.3, -0.25) is 9.59 Å². The number of hydrogen-bond acceptors (Lipinski definition) is 4. The van der Waals surface area contributed by atoms with Crippen molar-refractivity contribution in [2.24, 2.45) is 5.92 Å². The molecule has 0 N–H and O–H groups in total. The second kappa shape index (κ2) is 10.5. The maximum atomic E-state index is 13.7. The maximum Gasteiger partial charge on any atom is 0.260 e. The zero-order valence-corrected chi connectivity index (χ0v) is 20.9. The number of halogens is 1. The topological polar surface area (TPSA) is 43.9 Å². The van der Waals surface area contributed by atoms with Gasteiger partial charge in [-0.1, -0.05) is 42.5 Å². The van der Waals surface area contributed by atoms with Crippen molar-refractivity contribution in [3.05, 3.63) is 76.4 Å². The first-order chi connectivity index (χ1) is 17.0. The van der Waals surface area contributed by atoms with Gasteiger partial charge in [0.2, 0.25) is 5.91 Å². The number of likely N-dealkylation sites (N-methyl/N-ethyl adjacent to an activating group) is 1. The molecule has 0 radical (unpaired) electrons. The third-order valence-electron chi connectivity index (χ3n) is 7.43. The molecule has 3 aliphatic rings. The number of piperazine rings is 1. The smallest absolute Gasteiger partial charge is 0.260 e. The fourth-order valence-electron chi connectivity index (χ4n) is 5.37. The third kappa shape index (κ3) is 5.46. The highest BCUT2D eigenvalue weighted by Crippen LogP contribution is 2.44. The molecule has 5 nitrogen and oxygen atoms in total. The molecular weight excluding hydrogens is 461 g/mol. The lowest BCUT2D eigenvalue weighted by atomic mass is 9.83. The second-order valence-electron chi connectivity index (χ2n) is 9.84. The van der Waals surface area contributed by atoms with Crippen molar-refractivity contribution in [1.82, 2.24) is 14.7 Å². The Balaban J connectivity index is 1.39. The van der Waals surface area contributed by atoms with Crippen molar-refractivity contribution in [3.63, 3.8) is 0 Å². The molecule has 0 spiro atoms. The summed E-state index contributed by atoms with van der Waals surface area (Å²) in [4.78, 5) is 34.0. The van der Waals surface area contributed by atoms with Crippen LogP contribution in [0, 0.1) is 11.7 Å². The van der Waals surface area contributed by atoms with Gasteiger partial charge in [0.15, 0.2) is 0 Å². The van der Waals surface area contributed by atoms with Crippen molar-refractivity contribution in [1.29, 1.82) is 0 Å². The molecule has 2 aromatic rings. The quantitative estimate of drug-likeness (QED) is 0.598. The summed E-state index contributed by atoms with van der Waals surface area (Å²) in [5, 5.41) is 0.250. The van der Waals surface area contributed by atoms with Gasteiger partial charge < -0.3 is 14.7 Å². The van der Waals surface area contributed by atoms with E-state index in [9.17, 15) is 14.0 Å². The minimum atomic E-state index is -0.285. The molecular formula is C28H32FN3O2S. The standard InChI is InChI=1S/C28H32FN3O2S/c1-30-13-15-31(16-14-30)27(33)22-9-12-25-24(18-22)32(19-21-7-10-23(29)11-8-21)28(34)26(35-25)17-20-5-3-2-4-6-20/h2-8,10-11,17,22,24-25H,9,12-16,18-19H2,1H3/b26-17-. The number of benzene rings is 2. The Kier molecular flexibility index (Phi) is 7.25. The molecule has 35 heavy (non-hydrogen) atoms. The van der Waals surface area contributed by atoms with Gasteiger partial charge in [-0.05, 0) is 55.6 Å². The number of rotatable bonds is 4. The minimum absolute atomic E-state index is 0.00266. The van der Waals surface area contributed by atoms with Crippen LogP contribution in [0.3, 0.4) is 0 Å². The molecule has 2 aromatic carbocycles. The molecule has 1 aliphatic carbocycles. The average molecular weight is 494 g/mol. The number of carbonyl (C=O) groups excluding carboxylic acids is 2. The van der Waals surface area contributed by atoms with E-state index in [-0.39, 0.29) is 34.8 Å². The summed E-state index contributed by atoms with van der Waals surface area (Å²) in [6.07, 6.45) is 4.42. The summed E-state index contributed by atoms with van der Waals surface area (Å²) in [6, 6.07) is 16.3. The highest BCUT2D eigenvalue weighted by atomic mass is 32.2. The van der Waals surface area contributed by atoms with Gasteiger partial charge in [-0.15, -0.1) is 11.8 Å². The first kappa shape index (κ1) is 24.1. The van der Waals surface area contributed by atoms with Crippen LogP contribution in [0.25, 0.3) is 6.08 Å². The van der Waals surface area contributed by atoms with E-state index in [0.717, 1.165) is 55.1 Å². The SMILES string of the molecule is CN1CCN(C(=O)C2CCC3S/C(=C\c4ccccc4)C(=O)N(Cc4ccc(F)cc4)C3C2)CC1. The van der Waals surface area contributed by atoms with Gasteiger partial charge in [-0.25, -0.2) is 4.39 Å². The summed E-state index contributed by atoms with van der Waals surface area (Å²) in [5.74, 6) is -0.103. The van der Waals surface area contributed by atoms with E-state index in [1.807, 2.05) is 46.2 Å². The van der Waals surface area contributed by atoms with Crippen LogP contribution in [-0.2, 0) is 16.1 Å². The molecule has 2 amide bonds. The average Bonchev–Trinajstić information content (AvgIpc) is 2.88. The highest BCUT2D eigenvalue weighted by molar-refractivity contribution is 8.04. The number of amides is 2. The fourth-order valence-corrected chi connectivity index (χ4v) is 6.79. The maximum absolute atomic E-state index is 13.7. The second-order valence-corrected chi connectivity index (χ2v) is 11.1. The Bertz CT molecular complexity index is 1080. The Morgan fingerprint density at radius 1 is 1.03 bits per heavy atom. The number of thioether (sulfide) groups is 1. The van der Waals surface area contributed by atoms with Crippen LogP contribution in [0.5, 0.6) is 0 Å². The number of nitrogens with zero attached hydrogens (tertiary/aromatic N) is 3. The summed E-state index contributed by atoms with van der Waals surface area (Å²) >= 11 is 1.66. The zero-order valence-electron chi connectivity index (χ0n) is 20.1. The Morgan fingerprint density at radius 3 is 2.46 bits per heavy atom. The fraction of sp³-hybridized carbons (Fsp3) is 0.429. The van der Waals surface area contributed by atoms with Gasteiger partial charge in [0.05, 0.1) is 4.91 Å². The molecule has 184 valence electrons. The van der Waals surface area contributed by atoms with Crippen LogP contribution >= 0.6 is 11.8 Å². The minimum Gasteiger partial charge on any atom is -0.340 e. The molecule has 0 aromatic heterocycles. The lowest BCUT2D eigenvalue weighted by Crippen LogP contribution is -2.55. The lowest BCUT2D eigenvalue weighted by molar-refractivity contribution is -0.141. The summed E-state index contributed by atoms with van der Waals surface area (Å²) < 4.78 is 13.5. The predicted octanol–water partition coefficient (Wildman–Crippen LogP) is 4.25. The lowest BCUT2D eigenvalue weighted by Gasteiger charge is -2.47. The van der Waals surface area contributed by atoms with Crippen molar-refractivity contribution < 1.29 is 14.0 Å². The van der Waals surface area contributed by atoms with Gasteiger partial charge in [0.25, 0.3) is 5.91 Å². The zero-order chi connectivity index (χ0) is 24.4. The van der Waals surface area contributed by atoms with E-state index < -0.39 is 0 Å². The van der Waals surface area contributed by atoms with E-state index in [0.29, 0.717) is 13.0 Å². The summed E-state index contributed by atoms with van der Waals surface area (Å²) in [6.45, 7) is 3.78. The number of carbonyl (C=O) groups is 2. The Hall–Kier alpha value is -2.64. The number of fused-ring (bicyclic) bond motifs is 1. The molecule has 2 saturated heterocycles. The first-order valence-electron chi connectivity index (χ1n) is 12.4. The van der Waals surface area contributed by atoms with Gasteiger partial charge in [-0.2, -0.15) is 0 Å². The number of hydrogen-bond donors (Lipinski definition) is 0. The highest BCUT2D eigenvalue weighted by Gasteiger charge is 2.45. The van der Waals surface area contributed by atoms with E-state index in [2.05, 4.69) is 11.9 Å². The van der Waals surface area contributed by atoms with Crippen LogP contribution in [-0.4, -0.2) is 71.0 Å². The molecule has 7 heteroatoms. The first-order valence-corrected chi connectivity index (χ1v) is 13.3. The van der Waals surface area contributed by atoms with E-state index in [4.69, 9.17) is 0 Å². The van der Waals surface area contributed by atoms with Crippen molar-refractivity contribution >= 4 is 29.7 Å². The molecule has 1 saturated carbocycles. The predicted molar refractivity (Wildman–Crippen MR) is 138 cm³/mol. The van der Waals surface area contributed by atoms with E-state index >= 15 is 0 Å². The van der Waals surface area contributed by atoms with Crippen LogP contribution in [0.2, 0.25) is 0 Å². The molecule has 2 aliphatic heterocycles. The van der Waals surface area contributed by atoms with Crippen molar-refractivity contribution in [3.8, 4) is 0 Å². The van der Waals surface area contributed by atoms with E-state index in [1.54, 1.807) is 23.9 Å². The van der Waals surface area contributed by atoms with Crippen LogP contribution < -0.4 is 0 Å².